The predicted molar refractivity (Wildman–Crippen MR) is 132 cm³/mol. The van der Waals surface area contributed by atoms with E-state index in [1.165, 1.54) is 17.3 Å². The third-order valence-electron chi connectivity index (χ3n) is 5.92. The Morgan fingerprint density at radius 1 is 0.971 bits per heavy atom. The molecule has 2 heterocycles. The van der Waals surface area contributed by atoms with E-state index in [-0.39, 0.29) is 16.7 Å². The lowest BCUT2D eigenvalue weighted by atomic mass is 9.85. The zero-order valence-corrected chi connectivity index (χ0v) is 19.8. The Kier molecular flexibility index (Phi) is 6.24. The van der Waals surface area contributed by atoms with E-state index in [1.54, 1.807) is 36.4 Å². The summed E-state index contributed by atoms with van der Waals surface area (Å²) in [6, 6.07) is 17.3. The molecule has 0 bridgehead atoms. The van der Waals surface area contributed by atoms with Crippen LogP contribution in [-0.2, 0) is 15.0 Å². The maximum Gasteiger partial charge on any atom is 0.300 e. The predicted octanol–water partition coefficient (Wildman–Crippen LogP) is 5.40. The molecule has 2 aromatic carbocycles. The molecular formula is C28H28N2O4. The molecule has 1 N–H and O–H groups in total. The number of hydrogen-bond donors (Lipinski definition) is 1. The van der Waals surface area contributed by atoms with Gasteiger partial charge in [0.05, 0.1) is 18.2 Å². The van der Waals surface area contributed by atoms with Gasteiger partial charge in [0.15, 0.2) is 0 Å². The van der Waals surface area contributed by atoms with Crippen molar-refractivity contribution in [1.82, 2.24) is 4.98 Å². The fourth-order valence-electron chi connectivity index (χ4n) is 4.11. The molecule has 1 unspecified atom stereocenters. The topological polar surface area (TPSA) is 79.7 Å². The van der Waals surface area contributed by atoms with Crippen LogP contribution < -0.4 is 9.64 Å². The Morgan fingerprint density at radius 3 is 2.15 bits per heavy atom. The molecule has 1 aliphatic rings. The number of aromatic nitrogens is 1. The van der Waals surface area contributed by atoms with Crippen molar-refractivity contribution in [3.8, 4) is 5.75 Å². The molecule has 6 nitrogen and oxygen atoms in total. The number of amides is 1. The van der Waals surface area contributed by atoms with Gasteiger partial charge >= 0.3 is 0 Å². The molecule has 1 aliphatic heterocycles. The van der Waals surface area contributed by atoms with Gasteiger partial charge in [0, 0.05) is 23.6 Å². The summed E-state index contributed by atoms with van der Waals surface area (Å²) in [5, 5.41) is 11.1. The number of carbonyl (C=O) groups is 2. The van der Waals surface area contributed by atoms with Crippen LogP contribution in [-0.4, -0.2) is 28.4 Å². The van der Waals surface area contributed by atoms with Crippen LogP contribution in [0.15, 0.2) is 78.6 Å². The van der Waals surface area contributed by atoms with Crippen molar-refractivity contribution < 1.29 is 19.4 Å². The fraction of sp³-hybridized carbons (Fsp3) is 0.250. The number of aliphatic hydroxyl groups excluding tert-OH is 1. The molecule has 1 atom stereocenters. The monoisotopic (exact) mass is 456 g/mol. The molecule has 0 radical (unpaired) electrons. The first-order chi connectivity index (χ1) is 16.2. The minimum absolute atomic E-state index is 0.0491. The Labute approximate surface area is 199 Å². The van der Waals surface area contributed by atoms with E-state index in [2.05, 4.69) is 25.8 Å². The summed E-state index contributed by atoms with van der Waals surface area (Å²) in [6.07, 6.45) is 3.06. The van der Waals surface area contributed by atoms with E-state index in [0.29, 0.717) is 23.6 Å². The van der Waals surface area contributed by atoms with Crippen molar-refractivity contribution in [2.45, 2.75) is 39.2 Å². The number of pyridine rings is 1. The molecule has 4 rings (SSSR count). The normalized spacial score (nSPS) is 17.8. The van der Waals surface area contributed by atoms with Gasteiger partial charge in [0.25, 0.3) is 11.7 Å². The number of nitrogens with zero attached hydrogens (tertiary/aromatic N) is 2. The second-order valence-corrected chi connectivity index (χ2v) is 9.20. The highest BCUT2D eigenvalue weighted by atomic mass is 16.5. The van der Waals surface area contributed by atoms with Crippen molar-refractivity contribution in [3.63, 3.8) is 0 Å². The first kappa shape index (κ1) is 23.2. The maximum atomic E-state index is 13.3. The van der Waals surface area contributed by atoms with Gasteiger partial charge in [-0.15, -0.1) is 0 Å². The zero-order valence-electron chi connectivity index (χ0n) is 19.8. The Hall–Kier alpha value is -3.93. The van der Waals surface area contributed by atoms with Crippen molar-refractivity contribution >= 4 is 23.1 Å². The molecule has 1 fully saturated rings. The van der Waals surface area contributed by atoms with Gasteiger partial charge in [-0.3, -0.25) is 19.5 Å². The van der Waals surface area contributed by atoms with Crippen LogP contribution in [0.2, 0.25) is 0 Å². The SMILES string of the molecule is CCOc1ccc(N2C(=O)C(=O)/C(=C(\O)c3ccncc3)C2c2ccc(C(C)(C)C)cc2)cc1. The van der Waals surface area contributed by atoms with E-state index in [4.69, 9.17) is 4.74 Å². The lowest BCUT2D eigenvalue weighted by Gasteiger charge is -2.26. The van der Waals surface area contributed by atoms with Crippen LogP contribution in [0.3, 0.4) is 0 Å². The van der Waals surface area contributed by atoms with E-state index < -0.39 is 17.7 Å². The van der Waals surface area contributed by atoms with E-state index in [0.717, 1.165) is 11.1 Å². The molecule has 3 aromatic rings. The van der Waals surface area contributed by atoms with Gasteiger partial charge in [-0.2, -0.15) is 0 Å². The third kappa shape index (κ3) is 4.31. The number of benzene rings is 2. The summed E-state index contributed by atoms with van der Waals surface area (Å²) in [7, 11) is 0. The number of rotatable bonds is 5. The fourth-order valence-corrected chi connectivity index (χ4v) is 4.11. The second kappa shape index (κ2) is 9.14. The lowest BCUT2D eigenvalue weighted by molar-refractivity contribution is -0.132. The van der Waals surface area contributed by atoms with Crippen molar-refractivity contribution in [2.24, 2.45) is 0 Å². The first-order valence-electron chi connectivity index (χ1n) is 11.3. The van der Waals surface area contributed by atoms with Gasteiger partial charge in [-0.25, -0.2) is 0 Å². The minimum atomic E-state index is -0.778. The highest BCUT2D eigenvalue weighted by Crippen LogP contribution is 2.42. The molecule has 1 amide bonds. The molecule has 1 saturated heterocycles. The summed E-state index contributed by atoms with van der Waals surface area (Å²) >= 11 is 0. The number of hydrogen-bond acceptors (Lipinski definition) is 5. The van der Waals surface area contributed by atoms with Crippen LogP contribution in [0.1, 0.15) is 50.4 Å². The highest BCUT2D eigenvalue weighted by molar-refractivity contribution is 6.51. The molecular weight excluding hydrogens is 428 g/mol. The number of ketones is 1. The maximum absolute atomic E-state index is 13.3. The Balaban J connectivity index is 1.88. The van der Waals surface area contributed by atoms with Crippen LogP contribution in [0.25, 0.3) is 5.76 Å². The van der Waals surface area contributed by atoms with E-state index >= 15 is 0 Å². The number of anilines is 1. The minimum Gasteiger partial charge on any atom is -0.507 e. The molecule has 0 saturated carbocycles. The number of carbonyl (C=O) groups excluding carboxylic acids is 2. The quantitative estimate of drug-likeness (QED) is 0.316. The largest absolute Gasteiger partial charge is 0.507 e. The zero-order chi connectivity index (χ0) is 24.5. The summed E-state index contributed by atoms with van der Waals surface area (Å²) < 4.78 is 5.52. The molecule has 174 valence electrons. The van der Waals surface area contributed by atoms with Crippen LogP contribution in [0, 0.1) is 0 Å². The summed E-state index contributed by atoms with van der Waals surface area (Å²) in [6.45, 7) is 8.79. The summed E-state index contributed by atoms with van der Waals surface area (Å²) in [5.74, 6) is -0.970. The molecule has 0 spiro atoms. The van der Waals surface area contributed by atoms with Crippen molar-refractivity contribution in [3.05, 3.63) is 95.3 Å². The number of ether oxygens (including phenoxy) is 1. The Morgan fingerprint density at radius 2 is 1.59 bits per heavy atom. The number of aliphatic hydroxyl groups is 1. The summed E-state index contributed by atoms with van der Waals surface area (Å²) in [5.41, 5.74) is 2.83. The van der Waals surface area contributed by atoms with Gasteiger partial charge in [0.2, 0.25) is 0 Å². The van der Waals surface area contributed by atoms with Gasteiger partial charge in [0.1, 0.15) is 11.5 Å². The molecule has 34 heavy (non-hydrogen) atoms. The number of Topliss-reactive ketones (excluding diaryl/α,β-unsaturated/α-hetero) is 1. The molecule has 1 aromatic heterocycles. The average molecular weight is 457 g/mol. The van der Waals surface area contributed by atoms with Gasteiger partial charge in [-0.1, -0.05) is 45.0 Å². The van der Waals surface area contributed by atoms with Crippen LogP contribution >= 0.6 is 0 Å². The standard InChI is InChI=1S/C28H28N2O4/c1-5-34-22-12-10-21(11-13-22)30-24(18-6-8-20(9-7-18)28(2,3)4)23(26(32)27(30)33)25(31)19-14-16-29-17-15-19/h6-17,24,31H,5H2,1-4H3/b25-23-. The van der Waals surface area contributed by atoms with Crippen LogP contribution in [0.4, 0.5) is 5.69 Å². The molecule has 6 heteroatoms. The lowest BCUT2D eigenvalue weighted by Crippen LogP contribution is -2.29. The van der Waals surface area contributed by atoms with Gasteiger partial charge < -0.3 is 9.84 Å². The van der Waals surface area contributed by atoms with Crippen molar-refractivity contribution in [1.29, 1.82) is 0 Å². The summed E-state index contributed by atoms with van der Waals surface area (Å²) in [4.78, 5) is 31.9. The van der Waals surface area contributed by atoms with E-state index in [1.807, 2.05) is 31.2 Å². The third-order valence-corrected chi connectivity index (χ3v) is 5.92. The van der Waals surface area contributed by atoms with Crippen molar-refractivity contribution in [2.75, 3.05) is 11.5 Å². The average Bonchev–Trinajstić information content (AvgIpc) is 3.10. The second-order valence-electron chi connectivity index (χ2n) is 9.20. The Bertz CT molecular complexity index is 1220. The van der Waals surface area contributed by atoms with E-state index in [9.17, 15) is 14.7 Å². The highest BCUT2D eigenvalue weighted by Gasteiger charge is 2.47. The van der Waals surface area contributed by atoms with Gasteiger partial charge in [-0.05, 0) is 59.9 Å². The smallest absolute Gasteiger partial charge is 0.300 e. The van der Waals surface area contributed by atoms with Crippen LogP contribution in [0.5, 0.6) is 5.75 Å². The molecule has 0 aliphatic carbocycles. The first-order valence-corrected chi connectivity index (χ1v) is 11.3.